The molecule has 1 aromatic heterocycles. The van der Waals surface area contributed by atoms with E-state index in [1.54, 1.807) is 6.26 Å². The predicted molar refractivity (Wildman–Crippen MR) is 50.0 cm³/mol. The van der Waals surface area contributed by atoms with Crippen LogP contribution < -0.4 is 5.32 Å². The number of nitrogens with one attached hydrogen (secondary N) is 1. The van der Waals surface area contributed by atoms with Gasteiger partial charge >= 0.3 is 0 Å². The highest BCUT2D eigenvalue weighted by atomic mass is 16.3. The Kier molecular flexibility index (Phi) is 3.35. The van der Waals surface area contributed by atoms with Crippen LogP contribution in [0.1, 0.15) is 25.2 Å². The Morgan fingerprint density at radius 1 is 1.50 bits per heavy atom. The van der Waals surface area contributed by atoms with Crippen molar-refractivity contribution in [3.8, 4) is 0 Å². The minimum Gasteiger partial charge on any atom is -0.469 e. The molecule has 0 aromatic carbocycles. The molecule has 1 heterocycles. The van der Waals surface area contributed by atoms with Crippen LogP contribution in [0.25, 0.3) is 0 Å². The van der Waals surface area contributed by atoms with Gasteiger partial charge in [0.2, 0.25) is 0 Å². The predicted octanol–water partition coefficient (Wildman–Crippen LogP) is 2.33. The lowest BCUT2D eigenvalue weighted by Crippen LogP contribution is -2.18. The lowest BCUT2D eigenvalue weighted by molar-refractivity contribution is 0.517. The van der Waals surface area contributed by atoms with E-state index in [4.69, 9.17) is 4.42 Å². The van der Waals surface area contributed by atoms with Crippen molar-refractivity contribution in [3.63, 3.8) is 0 Å². The van der Waals surface area contributed by atoms with E-state index in [0.717, 1.165) is 18.8 Å². The quantitative estimate of drug-likeness (QED) is 0.744. The number of rotatable bonds is 4. The summed E-state index contributed by atoms with van der Waals surface area (Å²) >= 11 is 0. The summed E-state index contributed by atoms with van der Waals surface area (Å²) in [5.41, 5.74) is 1.26. The molecule has 0 atom stereocenters. The summed E-state index contributed by atoms with van der Waals surface area (Å²) in [4.78, 5) is 0. The second-order valence-corrected chi connectivity index (χ2v) is 3.53. The molecule has 1 rings (SSSR count). The van der Waals surface area contributed by atoms with Crippen LogP contribution in [0.15, 0.2) is 16.7 Å². The summed E-state index contributed by atoms with van der Waals surface area (Å²) in [6.07, 6.45) is 1.74. The minimum absolute atomic E-state index is 0.706. The fourth-order valence-electron chi connectivity index (χ4n) is 1.09. The van der Waals surface area contributed by atoms with Crippen LogP contribution in [0.2, 0.25) is 0 Å². The Bertz CT molecular complexity index is 227. The van der Waals surface area contributed by atoms with Crippen LogP contribution in [-0.4, -0.2) is 6.54 Å². The summed E-state index contributed by atoms with van der Waals surface area (Å²) in [6.45, 7) is 8.38. The minimum atomic E-state index is 0.706. The van der Waals surface area contributed by atoms with Gasteiger partial charge in [0, 0.05) is 12.1 Å². The first-order valence-electron chi connectivity index (χ1n) is 4.44. The highest BCUT2D eigenvalue weighted by molar-refractivity contribution is 5.14. The number of furan rings is 1. The molecule has 0 aliphatic heterocycles. The van der Waals surface area contributed by atoms with Gasteiger partial charge in [-0.25, -0.2) is 0 Å². The van der Waals surface area contributed by atoms with Gasteiger partial charge in [-0.15, -0.1) is 0 Å². The monoisotopic (exact) mass is 167 g/mol. The summed E-state index contributed by atoms with van der Waals surface area (Å²) in [5.74, 6) is 1.73. The van der Waals surface area contributed by atoms with Crippen molar-refractivity contribution in [2.75, 3.05) is 6.54 Å². The van der Waals surface area contributed by atoms with E-state index in [1.165, 1.54) is 5.56 Å². The Hall–Kier alpha value is -0.760. The van der Waals surface area contributed by atoms with Crippen molar-refractivity contribution in [2.24, 2.45) is 5.92 Å². The van der Waals surface area contributed by atoms with Crippen molar-refractivity contribution < 1.29 is 4.42 Å². The second kappa shape index (κ2) is 4.31. The van der Waals surface area contributed by atoms with Gasteiger partial charge in [-0.1, -0.05) is 13.8 Å². The van der Waals surface area contributed by atoms with Crippen molar-refractivity contribution in [2.45, 2.75) is 27.3 Å². The van der Waals surface area contributed by atoms with E-state index in [1.807, 2.05) is 13.0 Å². The largest absolute Gasteiger partial charge is 0.469 e. The topological polar surface area (TPSA) is 25.2 Å². The molecular weight excluding hydrogens is 150 g/mol. The first kappa shape index (κ1) is 9.33. The molecule has 0 fully saturated rings. The van der Waals surface area contributed by atoms with Crippen LogP contribution in [0.3, 0.4) is 0 Å². The molecule has 12 heavy (non-hydrogen) atoms. The fourth-order valence-corrected chi connectivity index (χ4v) is 1.09. The molecule has 0 unspecified atom stereocenters. The lowest BCUT2D eigenvalue weighted by atomic mass is 10.2. The lowest BCUT2D eigenvalue weighted by Gasteiger charge is -2.05. The molecule has 0 radical (unpaired) electrons. The Morgan fingerprint density at radius 3 is 2.75 bits per heavy atom. The normalized spacial score (nSPS) is 11.0. The van der Waals surface area contributed by atoms with Gasteiger partial charge in [0.05, 0.1) is 6.26 Å². The zero-order valence-electron chi connectivity index (χ0n) is 8.05. The summed E-state index contributed by atoms with van der Waals surface area (Å²) in [6, 6.07) is 2.02. The molecule has 1 N–H and O–H groups in total. The molecule has 0 aliphatic rings. The van der Waals surface area contributed by atoms with E-state index < -0.39 is 0 Å². The first-order chi connectivity index (χ1) is 5.70. The van der Waals surface area contributed by atoms with Crippen LogP contribution >= 0.6 is 0 Å². The van der Waals surface area contributed by atoms with E-state index >= 15 is 0 Å². The van der Waals surface area contributed by atoms with E-state index in [0.29, 0.717) is 5.92 Å². The van der Waals surface area contributed by atoms with Gasteiger partial charge in [-0.2, -0.15) is 0 Å². The Morgan fingerprint density at radius 2 is 2.25 bits per heavy atom. The van der Waals surface area contributed by atoms with Gasteiger partial charge < -0.3 is 9.73 Å². The van der Waals surface area contributed by atoms with Gasteiger partial charge in [-0.05, 0) is 25.5 Å². The molecule has 0 aliphatic carbocycles. The third kappa shape index (κ3) is 2.70. The van der Waals surface area contributed by atoms with Gasteiger partial charge in [-0.3, -0.25) is 0 Å². The highest BCUT2D eigenvalue weighted by Crippen LogP contribution is 2.07. The number of hydrogen-bond donors (Lipinski definition) is 1. The highest BCUT2D eigenvalue weighted by Gasteiger charge is 2.00. The summed E-state index contributed by atoms with van der Waals surface area (Å²) in [5, 5.41) is 3.37. The molecular formula is C10H17NO. The fraction of sp³-hybridized carbons (Fsp3) is 0.600. The molecule has 0 saturated carbocycles. The Labute approximate surface area is 74.0 Å². The SMILES string of the molecule is Cc1occc1CNCC(C)C. The molecule has 0 spiro atoms. The summed E-state index contributed by atoms with van der Waals surface area (Å²) in [7, 11) is 0. The van der Waals surface area contributed by atoms with Crippen molar-refractivity contribution in [1.29, 1.82) is 0 Å². The van der Waals surface area contributed by atoms with Crippen LogP contribution in [0.5, 0.6) is 0 Å². The maximum Gasteiger partial charge on any atom is 0.105 e. The third-order valence-electron chi connectivity index (χ3n) is 1.83. The molecule has 2 nitrogen and oxygen atoms in total. The number of aryl methyl sites for hydroxylation is 1. The Balaban J connectivity index is 2.29. The third-order valence-corrected chi connectivity index (χ3v) is 1.83. The van der Waals surface area contributed by atoms with Crippen molar-refractivity contribution in [3.05, 3.63) is 23.7 Å². The molecule has 2 heteroatoms. The number of hydrogen-bond acceptors (Lipinski definition) is 2. The average molecular weight is 167 g/mol. The van der Waals surface area contributed by atoms with E-state index in [2.05, 4.69) is 19.2 Å². The molecule has 0 bridgehead atoms. The van der Waals surface area contributed by atoms with Gasteiger partial charge in [0.15, 0.2) is 0 Å². The van der Waals surface area contributed by atoms with Crippen LogP contribution in [-0.2, 0) is 6.54 Å². The molecule has 1 aromatic rings. The van der Waals surface area contributed by atoms with E-state index in [-0.39, 0.29) is 0 Å². The van der Waals surface area contributed by atoms with Crippen LogP contribution in [0.4, 0.5) is 0 Å². The maximum absolute atomic E-state index is 5.18. The van der Waals surface area contributed by atoms with E-state index in [9.17, 15) is 0 Å². The average Bonchev–Trinajstić information content (AvgIpc) is 2.36. The maximum atomic E-state index is 5.18. The van der Waals surface area contributed by atoms with Gasteiger partial charge in [0.1, 0.15) is 5.76 Å². The van der Waals surface area contributed by atoms with Crippen LogP contribution in [0, 0.1) is 12.8 Å². The summed E-state index contributed by atoms with van der Waals surface area (Å²) < 4.78 is 5.18. The standard InChI is InChI=1S/C10H17NO/c1-8(2)6-11-7-10-4-5-12-9(10)3/h4-5,8,11H,6-7H2,1-3H3. The molecule has 0 amide bonds. The van der Waals surface area contributed by atoms with Gasteiger partial charge in [0.25, 0.3) is 0 Å². The van der Waals surface area contributed by atoms with Crippen molar-refractivity contribution >= 4 is 0 Å². The smallest absolute Gasteiger partial charge is 0.105 e. The molecule has 0 saturated heterocycles. The second-order valence-electron chi connectivity index (χ2n) is 3.53. The zero-order chi connectivity index (χ0) is 8.97. The first-order valence-corrected chi connectivity index (χ1v) is 4.44. The molecule has 68 valence electrons. The van der Waals surface area contributed by atoms with Crippen molar-refractivity contribution in [1.82, 2.24) is 5.32 Å². The zero-order valence-corrected chi connectivity index (χ0v) is 8.05.